The zero-order valence-corrected chi connectivity index (χ0v) is 12.6. The van der Waals surface area contributed by atoms with E-state index in [1.54, 1.807) is 31.2 Å². The maximum absolute atomic E-state index is 12.5. The number of aryl methyl sites for hydroxylation is 2. The highest BCUT2D eigenvalue weighted by atomic mass is 32.2. The van der Waals surface area contributed by atoms with Crippen LogP contribution in [-0.4, -0.2) is 8.42 Å². The Morgan fingerprint density at radius 1 is 1.05 bits per heavy atom. The molecule has 0 bridgehead atoms. The average Bonchev–Trinajstić information content (AvgIpc) is 2.33. The Kier molecular flexibility index (Phi) is 3.72. The number of rotatable bonds is 3. The molecule has 5 heteroatoms. The lowest BCUT2D eigenvalue weighted by Gasteiger charge is -2.14. The molecule has 0 aliphatic rings. The molecule has 2 aromatic carbocycles. The molecule has 0 aliphatic carbocycles. The van der Waals surface area contributed by atoms with E-state index in [1.807, 2.05) is 26.0 Å². The summed E-state index contributed by atoms with van der Waals surface area (Å²) in [6.45, 7) is 5.53. The molecular formula is C15H18N2O2S. The number of nitrogens with two attached hydrogens (primary N) is 1. The first kappa shape index (κ1) is 14.4. The molecule has 106 valence electrons. The predicted molar refractivity (Wildman–Crippen MR) is 82.3 cm³/mol. The van der Waals surface area contributed by atoms with Crippen LogP contribution in [0.15, 0.2) is 41.3 Å². The molecule has 3 N–H and O–H groups in total. The topological polar surface area (TPSA) is 72.2 Å². The summed E-state index contributed by atoms with van der Waals surface area (Å²) in [5, 5.41) is 0. The highest BCUT2D eigenvalue weighted by Crippen LogP contribution is 2.27. The van der Waals surface area contributed by atoms with Crippen LogP contribution < -0.4 is 10.5 Å². The van der Waals surface area contributed by atoms with Crippen LogP contribution in [0.2, 0.25) is 0 Å². The van der Waals surface area contributed by atoms with Crippen LogP contribution >= 0.6 is 0 Å². The van der Waals surface area contributed by atoms with E-state index in [-0.39, 0.29) is 10.6 Å². The molecule has 0 saturated carbocycles. The van der Waals surface area contributed by atoms with Gasteiger partial charge in [-0.3, -0.25) is 4.72 Å². The van der Waals surface area contributed by atoms with Gasteiger partial charge in [0.15, 0.2) is 0 Å². The molecule has 0 spiro atoms. The molecule has 0 amide bonds. The van der Waals surface area contributed by atoms with Crippen molar-refractivity contribution in [2.45, 2.75) is 25.7 Å². The third-order valence-corrected chi connectivity index (χ3v) is 4.83. The van der Waals surface area contributed by atoms with Crippen molar-refractivity contribution in [3.8, 4) is 0 Å². The van der Waals surface area contributed by atoms with E-state index in [1.165, 1.54) is 0 Å². The van der Waals surface area contributed by atoms with Crippen molar-refractivity contribution in [2.24, 2.45) is 0 Å². The smallest absolute Gasteiger partial charge is 0.264 e. The molecule has 0 atom stereocenters. The number of nitrogens with one attached hydrogen (secondary N) is 1. The molecule has 0 radical (unpaired) electrons. The first-order valence-electron chi connectivity index (χ1n) is 6.26. The molecule has 0 fully saturated rings. The summed E-state index contributed by atoms with van der Waals surface area (Å²) >= 11 is 0. The largest absolute Gasteiger partial charge is 0.398 e. The molecule has 2 aromatic rings. The van der Waals surface area contributed by atoms with Crippen molar-refractivity contribution in [3.05, 3.63) is 53.1 Å². The van der Waals surface area contributed by atoms with E-state index < -0.39 is 10.0 Å². The van der Waals surface area contributed by atoms with Crippen molar-refractivity contribution >= 4 is 21.4 Å². The molecule has 4 nitrogen and oxygen atoms in total. The lowest BCUT2D eigenvalue weighted by molar-refractivity contribution is 0.601. The van der Waals surface area contributed by atoms with Crippen molar-refractivity contribution in [2.75, 3.05) is 10.5 Å². The summed E-state index contributed by atoms with van der Waals surface area (Å²) in [7, 11) is -3.69. The summed E-state index contributed by atoms with van der Waals surface area (Å²) in [5.74, 6) is 0. The Balaban J connectivity index is 2.49. The third-order valence-electron chi connectivity index (χ3n) is 3.25. The van der Waals surface area contributed by atoms with E-state index >= 15 is 0 Å². The Hall–Kier alpha value is -2.01. The van der Waals surface area contributed by atoms with Crippen LogP contribution in [-0.2, 0) is 10.0 Å². The Morgan fingerprint density at radius 2 is 1.75 bits per heavy atom. The zero-order valence-electron chi connectivity index (χ0n) is 11.8. The number of hydrogen-bond acceptors (Lipinski definition) is 3. The predicted octanol–water partition coefficient (Wildman–Crippen LogP) is 2.99. The van der Waals surface area contributed by atoms with Gasteiger partial charge in [0.25, 0.3) is 10.0 Å². The van der Waals surface area contributed by atoms with Gasteiger partial charge in [-0.25, -0.2) is 8.42 Å². The van der Waals surface area contributed by atoms with Gasteiger partial charge in [0.2, 0.25) is 0 Å². The molecule has 20 heavy (non-hydrogen) atoms. The minimum absolute atomic E-state index is 0.152. The second-order valence-electron chi connectivity index (χ2n) is 4.90. The van der Waals surface area contributed by atoms with Gasteiger partial charge in [-0.05, 0) is 55.7 Å². The van der Waals surface area contributed by atoms with E-state index in [4.69, 9.17) is 5.73 Å². The fourth-order valence-corrected chi connectivity index (χ4v) is 3.56. The van der Waals surface area contributed by atoms with Gasteiger partial charge in [-0.1, -0.05) is 18.2 Å². The minimum atomic E-state index is -3.69. The summed E-state index contributed by atoms with van der Waals surface area (Å²) in [6, 6.07) is 10.6. The SMILES string of the molecule is Cc1cccc(NS(=O)(=O)c2c(N)ccc(C)c2C)c1. The van der Waals surface area contributed by atoms with Crippen LogP contribution in [0.5, 0.6) is 0 Å². The normalized spacial score (nSPS) is 11.3. The maximum atomic E-state index is 12.5. The van der Waals surface area contributed by atoms with E-state index in [2.05, 4.69) is 4.72 Å². The minimum Gasteiger partial charge on any atom is -0.398 e. The monoisotopic (exact) mass is 290 g/mol. The quantitative estimate of drug-likeness (QED) is 0.854. The number of anilines is 2. The number of nitrogen functional groups attached to an aromatic ring is 1. The summed E-state index contributed by atoms with van der Waals surface area (Å²) < 4.78 is 27.6. The highest BCUT2D eigenvalue weighted by molar-refractivity contribution is 7.93. The van der Waals surface area contributed by atoms with Crippen molar-refractivity contribution in [1.82, 2.24) is 0 Å². The van der Waals surface area contributed by atoms with E-state index in [9.17, 15) is 8.42 Å². The van der Waals surface area contributed by atoms with Crippen molar-refractivity contribution in [3.63, 3.8) is 0 Å². The Morgan fingerprint density at radius 3 is 2.40 bits per heavy atom. The number of benzene rings is 2. The highest BCUT2D eigenvalue weighted by Gasteiger charge is 2.21. The molecule has 0 aromatic heterocycles. The summed E-state index contributed by atoms with van der Waals surface area (Å²) in [4.78, 5) is 0.152. The van der Waals surface area contributed by atoms with Gasteiger partial charge in [-0.2, -0.15) is 0 Å². The first-order valence-corrected chi connectivity index (χ1v) is 7.75. The fourth-order valence-electron chi connectivity index (χ4n) is 2.08. The lowest BCUT2D eigenvalue weighted by atomic mass is 10.1. The average molecular weight is 290 g/mol. The Bertz CT molecular complexity index is 752. The summed E-state index contributed by atoms with van der Waals surface area (Å²) in [6.07, 6.45) is 0. The standard InChI is InChI=1S/C15H18N2O2S/c1-10-5-4-6-13(9-10)17-20(18,19)15-12(3)11(2)7-8-14(15)16/h4-9,17H,16H2,1-3H3. The molecular weight excluding hydrogens is 272 g/mol. The van der Waals surface area contributed by atoms with Crippen LogP contribution in [0.3, 0.4) is 0 Å². The lowest BCUT2D eigenvalue weighted by Crippen LogP contribution is -2.16. The number of sulfonamides is 1. The molecule has 2 rings (SSSR count). The second kappa shape index (κ2) is 5.17. The van der Waals surface area contributed by atoms with E-state index in [0.717, 1.165) is 11.1 Å². The zero-order chi connectivity index (χ0) is 14.9. The van der Waals surface area contributed by atoms with Crippen LogP contribution in [0, 0.1) is 20.8 Å². The van der Waals surface area contributed by atoms with Crippen molar-refractivity contribution in [1.29, 1.82) is 0 Å². The second-order valence-corrected chi connectivity index (χ2v) is 6.52. The third kappa shape index (κ3) is 2.77. The molecule has 0 heterocycles. The fraction of sp³-hybridized carbons (Fsp3) is 0.200. The van der Waals surface area contributed by atoms with Gasteiger partial charge in [-0.15, -0.1) is 0 Å². The van der Waals surface area contributed by atoms with Crippen LogP contribution in [0.4, 0.5) is 11.4 Å². The Labute approximate surface area is 119 Å². The first-order chi connectivity index (χ1) is 9.31. The van der Waals surface area contributed by atoms with Crippen molar-refractivity contribution < 1.29 is 8.42 Å². The number of hydrogen-bond donors (Lipinski definition) is 2. The van der Waals surface area contributed by atoms with Gasteiger partial charge in [0.05, 0.1) is 5.69 Å². The molecule has 0 aliphatic heterocycles. The summed E-state index contributed by atoms with van der Waals surface area (Å²) in [5.41, 5.74) is 9.18. The van der Waals surface area contributed by atoms with Gasteiger partial charge in [0.1, 0.15) is 4.90 Å². The molecule has 0 unspecified atom stereocenters. The van der Waals surface area contributed by atoms with Gasteiger partial charge >= 0.3 is 0 Å². The maximum Gasteiger partial charge on any atom is 0.264 e. The van der Waals surface area contributed by atoms with Crippen LogP contribution in [0.1, 0.15) is 16.7 Å². The van der Waals surface area contributed by atoms with Crippen LogP contribution in [0.25, 0.3) is 0 Å². The van der Waals surface area contributed by atoms with E-state index in [0.29, 0.717) is 11.3 Å². The van der Waals surface area contributed by atoms with Gasteiger partial charge in [0, 0.05) is 5.69 Å². The van der Waals surface area contributed by atoms with Gasteiger partial charge < -0.3 is 5.73 Å². The molecule has 0 saturated heterocycles.